The number of rotatable bonds is 2. The quantitative estimate of drug-likeness (QED) is 0.712. The molecule has 2 unspecified atom stereocenters. The molecule has 1 aliphatic carbocycles. The highest BCUT2D eigenvalue weighted by molar-refractivity contribution is 5.80. The molecule has 0 bridgehead atoms. The first-order chi connectivity index (χ1) is 6.84. The van der Waals surface area contributed by atoms with Gasteiger partial charge in [0, 0.05) is 0 Å². The summed E-state index contributed by atoms with van der Waals surface area (Å²) >= 11 is 0. The normalized spacial score (nSPS) is 35.9. The predicted molar refractivity (Wildman–Crippen MR) is 54.3 cm³/mol. The molecule has 0 aromatic carbocycles. The van der Waals surface area contributed by atoms with Crippen molar-refractivity contribution < 1.29 is 19.4 Å². The standard InChI is InChI=1S/C11H18O4/c1-10(8(12)13)5-4-6-11(2,7-10)9(14)15-3/h4-7H2,1-3H3,(H,12,13). The number of carboxylic acids is 1. The van der Waals surface area contributed by atoms with E-state index < -0.39 is 16.8 Å². The number of ether oxygens (including phenoxy) is 1. The van der Waals surface area contributed by atoms with Crippen molar-refractivity contribution in [3.63, 3.8) is 0 Å². The second kappa shape index (κ2) is 3.83. The molecule has 0 aromatic rings. The Hall–Kier alpha value is -1.06. The van der Waals surface area contributed by atoms with Crippen molar-refractivity contribution in [1.29, 1.82) is 0 Å². The van der Waals surface area contributed by atoms with Crippen molar-refractivity contribution in [3.05, 3.63) is 0 Å². The number of carbonyl (C=O) groups excluding carboxylic acids is 1. The van der Waals surface area contributed by atoms with E-state index in [9.17, 15) is 9.59 Å². The number of carbonyl (C=O) groups is 2. The Morgan fingerprint density at radius 3 is 2.20 bits per heavy atom. The van der Waals surface area contributed by atoms with Crippen molar-refractivity contribution in [2.75, 3.05) is 7.11 Å². The molecule has 86 valence electrons. The van der Waals surface area contributed by atoms with Crippen LogP contribution in [-0.4, -0.2) is 24.2 Å². The van der Waals surface area contributed by atoms with Gasteiger partial charge in [-0.05, 0) is 33.1 Å². The molecule has 0 aliphatic heterocycles. The molecular formula is C11H18O4. The van der Waals surface area contributed by atoms with Gasteiger partial charge in [0.2, 0.25) is 0 Å². The molecule has 0 amide bonds. The molecule has 1 saturated carbocycles. The van der Waals surface area contributed by atoms with Crippen LogP contribution in [0.15, 0.2) is 0 Å². The molecule has 0 saturated heterocycles. The number of aliphatic carboxylic acids is 1. The van der Waals surface area contributed by atoms with Crippen molar-refractivity contribution in [3.8, 4) is 0 Å². The summed E-state index contributed by atoms with van der Waals surface area (Å²) in [7, 11) is 1.35. The van der Waals surface area contributed by atoms with Gasteiger partial charge in [0.05, 0.1) is 17.9 Å². The van der Waals surface area contributed by atoms with E-state index in [1.807, 2.05) is 0 Å². The molecule has 0 spiro atoms. The van der Waals surface area contributed by atoms with Crippen LogP contribution in [0.2, 0.25) is 0 Å². The summed E-state index contributed by atoms with van der Waals surface area (Å²) in [6.45, 7) is 3.49. The van der Waals surface area contributed by atoms with Gasteiger partial charge in [-0.3, -0.25) is 9.59 Å². The largest absolute Gasteiger partial charge is 0.481 e. The first-order valence-electron chi connectivity index (χ1n) is 5.16. The van der Waals surface area contributed by atoms with E-state index in [1.165, 1.54) is 7.11 Å². The van der Waals surface area contributed by atoms with Crippen molar-refractivity contribution in [1.82, 2.24) is 0 Å². The van der Waals surface area contributed by atoms with Gasteiger partial charge in [0.15, 0.2) is 0 Å². The molecule has 1 rings (SSSR count). The van der Waals surface area contributed by atoms with Crippen LogP contribution in [0, 0.1) is 10.8 Å². The van der Waals surface area contributed by atoms with Crippen LogP contribution in [0.25, 0.3) is 0 Å². The topological polar surface area (TPSA) is 63.6 Å². The van der Waals surface area contributed by atoms with E-state index in [0.717, 1.165) is 6.42 Å². The molecule has 2 atom stereocenters. The molecule has 4 nitrogen and oxygen atoms in total. The minimum atomic E-state index is -0.822. The summed E-state index contributed by atoms with van der Waals surface area (Å²) in [5.74, 6) is -1.12. The average Bonchev–Trinajstić information content (AvgIpc) is 2.16. The first-order valence-corrected chi connectivity index (χ1v) is 5.16. The fraction of sp³-hybridized carbons (Fsp3) is 0.818. The zero-order valence-corrected chi connectivity index (χ0v) is 9.50. The Kier molecular flexibility index (Phi) is 3.07. The Morgan fingerprint density at radius 2 is 1.73 bits per heavy atom. The lowest BCUT2D eigenvalue weighted by molar-refractivity contribution is -0.162. The molecular weight excluding hydrogens is 196 g/mol. The van der Waals surface area contributed by atoms with Gasteiger partial charge < -0.3 is 9.84 Å². The second-order valence-electron chi connectivity index (χ2n) is 4.95. The molecule has 15 heavy (non-hydrogen) atoms. The number of methoxy groups -OCH3 is 1. The Labute approximate surface area is 89.6 Å². The second-order valence-corrected chi connectivity index (χ2v) is 4.95. The fourth-order valence-electron chi connectivity index (χ4n) is 2.51. The lowest BCUT2D eigenvalue weighted by atomic mass is 9.63. The number of hydrogen-bond donors (Lipinski definition) is 1. The van der Waals surface area contributed by atoms with E-state index in [4.69, 9.17) is 9.84 Å². The van der Waals surface area contributed by atoms with Crippen molar-refractivity contribution in [2.24, 2.45) is 10.8 Å². The van der Waals surface area contributed by atoms with Gasteiger partial charge in [-0.1, -0.05) is 6.42 Å². The monoisotopic (exact) mass is 214 g/mol. The van der Waals surface area contributed by atoms with Crippen molar-refractivity contribution in [2.45, 2.75) is 39.5 Å². The highest BCUT2D eigenvalue weighted by Crippen LogP contribution is 2.46. The highest BCUT2D eigenvalue weighted by Gasteiger charge is 2.48. The van der Waals surface area contributed by atoms with Crippen molar-refractivity contribution >= 4 is 11.9 Å². The molecule has 1 N–H and O–H groups in total. The number of carboxylic acid groups (broad SMARTS) is 1. The summed E-state index contributed by atoms with van der Waals surface area (Å²) in [5, 5.41) is 9.13. The van der Waals surface area contributed by atoms with Gasteiger partial charge in [-0.25, -0.2) is 0 Å². The highest BCUT2D eigenvalue weighted by atomic mass is 16.5. The van der Waals surface area contributed by atoms with E-state index in [2.05, 4.69) is 0 Å². The molecule has 0 aromatic heterocycles. The van der Waals surface area contributed by atoms with Crippen LogP contribution in [0.4, 0.5) is 0 Å². The summed E-state index contributed by atoms with van der Waals surface area (Å²) in [6.07, 6.45) is 2.47. The first kappa shape index (κ1) is 12.0. The number of hydrogen-bond acceptors (Lipinski definition) is 3. The zero-order valence-electron chi connectivity index (χ0n) is 9.50. The molecule has 0 radical (unpaired) electrons. The van der Waals surface area contributed by atoms with Crippen LogP contribution in [0.3, 0.4) is 0 Å². The van der Waals surface area contributed by atoms with Crippen LogP contribution in [0.1, 0.15) is 39.5 Å². The molecule has 1 aliphatic rings. The van der Waals surface area contributed by atoms with Crippen LogP contribution < -0.4 is 0 Å². The third kappa shape index (κ3) is 2.13. The minimum absolute atomic E-state index is 0.297. The van der Waals surface area contributed by atoms with E-state index in [-0.39, 0.29) is 5.97 Å². The summed E-state index contributed by atoms with van der Waals surface area (Å²) in [4.78, 5) is 22.7. The predicted octanol–water partition coefficient (Wildman–Crippen LogP) is 1.83. The SMILES string of the molecule is COC(=O)C1(C)CCCC(C)(C(=O)O)C1. The lowest BCUT2D eigenvalue weighted by Gasteiger charge is -2.40. The third-order valence-electron chi connectivity index (χ3n) is 3.43. The summed E-state index contributed by atoms with van der Waals surface area (Å²) in [5.41, 5.74) is -1.43. The van der Waals surface area contributed by atoms with E-state index in [0.29, 0.717) is 19.3 Å². The van der Waals surface area contributed by atoms with Gasteiger partial charge >= 0.3 is 11.9 Å². The zero-order chi connectivity index (χ0) is 11.7. The van der Waals surface area contributed by atoms with Gasteiger partial charge in [0.25, 0.3) is 0 Å². The maximum Gasteiger partial charge on any atom is 0.311 e. The van der Waals surface area contributed by atoms with Crippen LogP contribution >= 0.6 is 0 Å². The Morgan fingerprint density at radius 1 is 1.20 bits per heavy atom. The van der Waals surface area contributed by atoms with Crippen LogP contribution in [-0.2, 0) is 14.3 Å². The maximum atomic E-state index is 11.6. The van der Waals surface area contributed by atoms with Gasteiger partial charge in [0.1, 0.15) is 0 Å². The number of esters is 1. The van der Waals surface area contributed by atoms with Gasteiger partial charge in [-0.15, -0.1) is 0 Å². The van der Waals surface area contributed by atoms with E-state index in [1.54, 1.807) is 13.8 Å². The minimum Gasteiger partial charge on any atom is -0.481 e. The summed E-state index contributed by atoms with van der Waals surface area (Å²) < 4.78 is 4.73. The van der Waals surface area contributed by atoms with Gasteiger partial charge in [-0.2, -0.15) is 0 Å². The average molecular weight is 214 g/mol. The smallest absolute Gasteiger partial charge is 0.311 e. The van der Waals surface area contributed by atoms with Crippen LogP contribution in [0.5, 0.6) is 0 Å². The molecule has 1 fully saturated rings. The molecule has 0 heterocycles. The summed E-state index contributed by atoms with van der Waals surface area (Å²) in [6, 6.07) is 0. The maximum absolute atomic E-state index is 11.6. The fourth-order valence-corrected chi connectivity index (χ4v) is 2.51. The van der Waals surface area contributed by atoms with E-state index >= 15 is 0 Å². The lowest BCUT2D eigenvalue weighted by Crippen LogP contribution is -2.42. The Balaban J connectivity index is 2.88. The molecule has 4 heteroatoms. The third-order valence-corrected chi connectivity index (χ3v) is 3.43. The Bertz CT molecular complexity index is 286.